The molecule has 3 amide bonds. The second-order valence-electron chi connectivity index (χ2n) is 9.77. The number of carbonyl (C=O) groups is 5. The maximum Gasteiger partial charge on any atom is 0.339 e. The number of nitrogens with one attached hydrogen (secondary N) is 1. The summed E-state index contributed by atoms with van der Waals surface area (Å²) in [6.45, 7) is 4.07. The summed E-state index contributed by atoms with van der Waals surface area (Å²) in [7, 11) is 0. The molecule has 0 unspecified atom stereocenters. The fraction of sp³-hybridized carbons (Fsp3) is 0.281. The van der Waals surface area contributed by atoms with E-state index in [1.165, 1.54) is 24.3 Å². The highest BCUT2D eigenvalue weighted by Crippen LogP contribution is 2.33. The van der Waals surface area contributed by atoms with Crippen molar-refractivity contribution < 1.29 is 37.9 Å². The van der Waals surface area contributed by atoms with Crippen molar-refractivity contribution in [2.75, 3.05) is 25.1 Å². The third kappa shape index (κ3) is 8.39. The minimum atomic E-state index is -0.643. The third-order valence-electron chi connectivity index (χ3n) is 6.41. The van der Waals surface area contributed by atoms with E-state index in [1.54, 1.807) is 36.4 Å². The summed E-state index contributed by atoms with van der Waals surface area (Å²) < 4.78 is 16.3. The molecule has 1 aliphatic rings. The summed E-state index contributed by atoms with van der Waals surface area (Å²) in [6.07, 6.45) is 4.73. The molecule has 0 atom stereocenters. The number of unbranched alkanes of at least 4 members (excludes halogenated alkanes) is 2. The lowest BCUT2D eigenvalue weighted by atomic mass is 10.1. The molecule has 4 rings (SSSR count). The number of benzene rings is 2. The average molecular weight is 639 g/mol. The molecule has 2 aromatic carbocycles. The number of halogens is 1. The first-order valence-electron chi connectivity index (χ1n) is 14.1. The SMILES string of the molecule is CCCCOC(=O)c1ccc(-c2ccc(/C=C3/SC(=O)N(CC(=O)Nc4ccc(Cl)c(C(=O)OCCCC)c4)C3=O)o2)cc1. The second kappa shape index (κ2) is 15.4. The Morgan fingerprint density at radius 1 is 0.932 bits per heavy atom. The van der Waals surface area contributed by atoms with Crippen molar-refractivity contribution in [3.05, 3.63) is 81.4 Å². The average Bonchev–Trinajstić information content (AvgIpc) is 3.58. The van der Waals surface area contributed by atoms with Gasteiger partial charge in [-0.05, 0) is 67.1 Å². The van der Waals surface area contributed by atoms with Gasteiger partial charge in [0, 0.05) is 17.3 Å². The predicted molar refractivity (Wildman–Crippen MR) is 167 cm³/mol. The van der Waals surface area contributed by atoms with Crippen LogP contribution in [0.2, 0.25) is 5.02 Å². The number of imide groups is 1. The molecule has 1 aromatic heterocycles. The Bertz CT molecular complexity index is 1580. The highest BCUT2D eigenvalue weighted by atomic mass is 35.5. The summed E-state index contributed by atoms with van der Waals surface area (Å²) in [4.78, 5) is 63.6. The first-order valence-corrected chi connectivity index (χ1v) is 15.3. The molecular weight excluding hydrogens is 608 g/mol. The number of hydrogen-bond donors (Lipinski definition) is 1. The van der Waals surface area contributed by atoms with E-state index in [-0.39, 0.29) is 27.8 Å². The summed E-state index contributed by atoms with van der Waals surface area (Å²) in [6, 6.07) is 14.4. The maximum absolute atomic E-state index is 13.0. The van der Waals surface area contributed by atoms with Crippen molar-refractivity contribution in [3.63, 3.8) is 0 Å². The molecule has 12 heteroatoms. The molecule has 3 aromatic rings. The summed E-state index contributed by atoms with van der Waals surface area (Å²) in [5, 5.41) is 2.14. The van der Waals surface area contributed by atoms with Crippen LogP contribution in [0.1, 0.15) is 66.0 Å². The van der Waals surface area contributed by atoms with E-state index >= 15 is 0 Å². The van der Waals surface area contributed by atoms with Gasteiger partial charge in [-0.15, -0.1) is 0 Å². The summed E-state index contributed by atoms with van der Waals surface area (Å²) >= 11 is 6.82. The molecule has 0 saturated carbocycles. The molecule has 1 N–H and O–H groups in total. The Morgan fingerprint density at radius 3 is 2.30 bits per heavy atom. The predicted octanol–water partition coefficient (Wildman–Crippen LogP) is 7.19. The fourth-order valence-corrected chi connectivity index (χ4v) is 5.02. The van der Waals surface area contributed by atoms with Gasteiger partial charge >= 0.3 is 11.9 Å². The number of ether oxygens (including phenoxy) is 2. The Labute approximate surface area is 263 Å². The van der Waals surface area contributed by atoms with Crippen LogP contribution in [0.5, 0.6) is 0 Å². The van der Waals surface area contributed by atoms with Gasteiger partial charge < -0.3 is 19.2 Å². The van der Waals surface area contributed by atoms with Gasteiger partial charge in [0.2, 0.25) is 5.91 Å². The second-order valence-corrected chi connectivity index (χ2v) is 11.2. The Kier molecular flexibility index (Phi) is 11.4. The van der Waals surface area contributed by atoms with Gasteiger partial charge in [-0.1, -0.05) is 50.4 Å². The van der Waals surface area contributed by atoms with Gasteiger partial charge in [0.05, 0.1) is 34.3 Å². The maximum atomic E-state index is 13.0. The van der Waals surface area contributed by atoms with E-state index < -0.39 is 35.5 Å². The number of esters is 2. The molecule has 1 fully saturated rings. The van der Waals surface area contributed by atoms with Gasteiger partial charge in [0.15, 0.2) is 0 Å². The molecule has 0 radical (unpaired) electrons. The molecule has 0 bridgehead atoms. The Balaban J connectivity index is 1.36. The van der Waals surface area contributed by atoms with E-state index in [0.29, 0.717) is 47.4 Å². The topological polar surface area (TPSA) is 132 Å². The van der Waals surface area contributed by atoms with E-state index in [1.807, 2.05) is 13.8 Å². The van der Waals surface area contributed by atoms with Crippen LogP contribution in [0.15, 0.2) is 63.9 Å². The minimum Gasteiger partial charge on any atom is -0.462 e. The molecule has 2 heterocycles. The van der Waals surface area contributed by atoms with Crippen LogP contribution in [0.25, 0.3) is 17.4 Å². The first-order chi connectivity index (χ1) is 21.2. The normalized spacial score (nSPS) is 13.8. The van der Waals surface area contributed by atoms with Crippen molar-refractivity contribution in [3.8, 4) is 11.3 Å². The van der Waals surface area contributed by atoms with Crippen molar-refractivity contribution in [2.24, 2.45) is 0 Å². The lowest BCUT2D eigenvalue weighted by molar-refractivity contribution is -0.127. The number of hydrogen-bond acceptors (Lipinski definition) is 9. The van der Waals surface area contributed by atoms with Gasteiger partial charge in [-0.25, -0.2) is 9.59 Å². The van der Waals surface area contributed by atoms with Crippen molar-refractivity contribution in [2.45, 2.75) is 39.5 Å². The van der Waals surface area contributed by atoms with Gasteiger partial charge in [0.1, 0.15) is 18.1 Å². The van der Waals surface area contributed by atoms with Gasteiger partial charge in [-0.2, -0.15) is 0 Å². The lowest BCUT2D eigenvalue weighted by Crippen LogP contribution is -2.36. The summed E-state index contributed by atoms with van der Waals surface area (Å²) in [5.41, 5.74) is 1.48. The fourth-order valence-electron chi connectivity index (χ4n) is 4.00. The zero-order valence-electron chi connectivity index (χ0n) is 24.2. The number of carbonyl (C=O) groups excluding carboxylic acids is 5. The molecule has 1 saturated heterocycles. The standard InChI is InChI=1S/C32H31ClN2O8S/c1-3-5-15-41-30(38)21-9-7-20(8-10-21)26-14-12-23(43-26)18-27-29(37)35(32(40)44-27)19-28(36)34-22-11-13-25(33)24(17-22)31(39)42-16-6-4-2/h7-14,17-18H,3-6,15-16,19H2,1-2H3,(H,34,36)/b27-18+. The lowest BCUT2D eigenvalue weighted by Gasteiger charge is -2.13. The van der Waals surface area contributed by atoms with Crippen LogP contribution in [0.4, 0.5) is 10.5 Å². The Hall–Kier alpha value is -4.35. The number of rotatable bonds is 13. The zero-order chi connectivity index (χ0) is 31.6. The van der Waals surface area contributed by atoms with E-state index in [9.17, 15) is 24.0 Å². The quantitative estimate of drug-likeness (QED) is 0.117. The zero-order valence-corrected chi connectivity index (χ0v) is 25.8. The first kappa shape index (κ1) is 32.6. The summed E-state index contributed by atoms with van der Waals surface area (Å²) in [5.74, 6) is -1.46. The minimum absolute atomic E-state index is 0.0911. The number of anilines is 1. The van der Waals surface area contributed by atoms with E-state index in [4.69, 9.17) is 25.5 Å². The molecule has 10 nitrogen and oxygen atoms in total. The van der Waals surface area contributed by atoms with E-state index in [2.05, 4.69) is 5.32 Å². The highest BCUT2D eigenvalue weighted by Gasteiger charge is 2.36. The Morgan fingerprint density at radius 2 is 1.61 bits per heavy atom. The van der Waals surface area contributed by atoms with Gasteiger partial charge in [0.25, 0.3) is 11.1 Å². The molecule has 0 spiro atoms. The van der Waals surface area contributed by atoms with Crippen molar-refractivity contribution in [1.82, 2.24) is 4.90 Å². The molecule has 1 aliphatic heterocycles. The largest absolute Gasteiger partial charge is 0.462 e. The van der Waals surface area contributed by atoms with Gasteiger partial charge in [-0.3, -0.25) is 19.3 Å². The molecule has 44 heavy (non-hydrogen) atoms. The number of thioether (sulfide) groups is 1. The smallest absolute Gasteiger partial charge is 0.339 e. The third-order valence-corrected chi connectivity index (χ3v) is 7.65. The van der Waals surface area contributed by atoms with Crippen molar-refractivity contribution >= 4 is 64.1 Å². The molecule has 230 valence electrons. The van der Waals surface area contributed by atoms with Crippen LogP contribution < -0.4 is 5.32 Å². The van der Waals surface area contributed by atoms with Crippen molar-refractivity contribution in [1.29, 1.82) is 0 Å². The molecular formula is C32H31ClN2O8S. The van der Waals surface area contributed by atoms with Crippen LogP contribution in [0, 0.1) is 0 Å². The van der Waals surface area contributed by atoms with Crippen LogP contribution in [-0.4, -0.2) is 53.7 Å². The highest BCUT2D eigenvalue weighted by molar-refractivity contribution is 8.18. The van der Waals surface area contributed by atoms with Crippen LogP contribution >= 0.6 is 23.4 Å². The van der Waals surface area contributed by atoms with E-state index in [0.717, 1.165) is 24.2 Å². The molecule has 0 aliphatic carbocycles. The number of nitrogens with zero attached hydrogens (tertiary/aromatic N) is 1. The number of furan rings is 1. The monoisotopic (exact) mass is 638 g/mol. The van der Waals surface area contributed by atoms with Crippen LogP contribution in [-0.2, 0) is 19.1 Å². The number of amides is 3. The van der Waals surface area contributed by atoms with Crippen LogP contribution in [0.3, 0.4) is 0 Å².